The van der Waals surface area contributed by atoms with E-state index in [1.807, 2.05) is 25.7 Å². The van der Waals surface area contributed by atoms with Gasteiger partial charge in [0.25, 0.3) is 0 Å². The molecule has 4 fully saturated rings. The lowest BCUT2D eigenvalue weighted by atomic mass is 9.69. The van der Waals surface area contributed by atoms with Crippen LogP contribution in [0.2, 0.25) is 0 Å². The summed E-state index contributed by atoms with van der Waals surface area (Å²) in [6.45, 7) is 9.83. The third kappa shape index (κ3) is 6.51. The molecule has 1 aromatic heterocycles. The maximum absolute atomic E-state index is 12.5. The maximum atomic E-state index is 12.5. The Morgan fingerprint density at radius 1 is 1.08 bits per heavy atom. The van der Waals surface area contributed by atoms with Crippen LogP contribution in [0, 0.1) is 11.3 Å². The minimum Gasteiger partial charge on any atom is -0.444 e. The van der Waals surface area contributed by atoms with E-state index in [0.29, 0.717) is 19.0 Å². The van der Waals surface area contributed by atoms with Crippen LogP contribution in [0.5, 0.6) is 0 Å². The molecule has 0 bridgehead atoms. The van der Waals surface area contributed by atoms with Gasteiger partial charge in [-0.3, -0.25) is 5.32 Å². The number of amides is 1. The van der Waals surface area contributed by atoms with Gasteiger partial charge in [-0.25, -0.2) is 4.79 Å². The van der Waals surface area contributed by atoms with Crippen molar-refractivity contribution >= 4 is 6.09 Å². The summed E-state index contributed by atoms with van der Waals surface area (Å²) in [5.74, 6) is 1.76. The van der Waals surface area contributed by atoms with Crippen LogP contribution in [0.25, 0.3) is 0 Å². The van der Waals surface area contributed by atoms with Gasteiger partial charge in [-0.05, 0) is 52.9 Å². The molecule has 1 amide bonds. The molecule has 2 N–H and O–H groups in total. The Bertz CT molecular complexity index is 873. The average molecular weight is 517 g/mol. The third-order valence-corrected chi connectivity index (χ3v) is 9.06. The number of rotatable bonds is 3. The summed E-state index contributed by atoms with van der Waals surface area (Å²) in [5.41, 5.74) is 0.757. The number of nitrogens with one attached hydrogen (secondary N) is 2. The molecule has 3 saturated heterocycles. The second-order valence-corrected chi connectivity index (χ2v) is 13.0. The van der Waals surface area contributed by atoms with Crippen molar-refractivity contribution in [2.24, 2.45) is 11.3 Å². The number of nitrogens with zero attached hydrogens (tertiary/aromatic N) is 2. The van der Waals surface area contributed by atoms with Crippen molar-refractivity contribution in [3.63, 3.8) is 0 Å². The second-order valence-electron chi connectivity index (χ2n) is 13.0. The molecule has 4 heterocycles. The highest BCUT2D eigenvalue weighted by Gasteiger charge is 2.46. The molecule has 3 atom stereocenters. The average Bonchev–Trinajstić information content (AvgIpc) is 3.59. The lowest BCUT2D eigenvalue weighted by molar-refractivity contribution is 0.0199. The summed E-state index contributed by atoms with van der Waals surface area (Å²) < 4.78 is 17.3. The van der Waals surface area contributed by atoms with Gasteiger partial charge in [-0.2, -0.15) is 0 Å². The molecule has 8 nitrogen and oxygen atoms in total. The van der Waals surface area contributed by atoms with E-state index in [9.17, 15) is 4.79 Å². The Kier molecular flexibility index (Phi) is 8.46. The molecule has 1 spiro atoms. The number of hydrogen-bond donors (Lipinski definition) is 2. The summed E-state index contributed by atoms with van der Waals surface area (Å²) in [7, 11) is 0. The first-order valence-electron chi connectivity index (χ1n) is 14.8. The second kappa shape index (κ2) is 11.6. The van der Waals surface area contributed by atoms with Crippen LogP contribution in [0.15, 0.2) is 10.6 Å². The molecule has 3 unspecified atom stereocenters. The van der Waals surface area contributed by atoms with Crippen LogP contribution < -0.4 is 10.6 Å². The van der Waals surface area contributed by atoms with E-state index in [2.05, 4.69) is 16.7 Å². The van der Waals surface area contributed by atoms with E-state index in [4.69, 9.17) is 19.2 Å². The first-order chi connectivity index (χ1) is 17.8. The van der Waals surface area contributed by atoms with E-state index in [0.717, 1.165) is 50.5 Å². The molecule has 3 aliphatic heterocycles. The van der Waals surface area contributed by atoms with E-state index in [1.54, 1.807) is 0 Å². The molecule has 0 radical (unpaired) electrons. The zero-order chi connectivity index (χ0) is 25.9. The van der Waals surface area contributed by atoms with Crippen LogP contribution in [-0.2, 0) is 9.47 Å². The fourth-order valence-corrected chi connectivity index (χ4v) is 6.91. The zero-order valence-corrected chi connectivity index (χ0v) is 23.2. The number of hydrogen-bond acceptors (Lipinski definition) is 7. The van der Waals surface area contributed by atoms with Gasteiger partial charge >= 0.3 is 6.09 Å². The number of likely N-dealkylation sites (tertiary alicyclic amines) is 1. The summed E-state index contributed by atoms with van der Waals surface area (Å²) >= 11 is 0. The normalized spacial score (nSPS) is 30.0. The van der Waals surface area contributed by atoms with Crippen LogP contribution in [0.1, 0.15) is 115 Å². The van der Waals surface area contributed by atoms with E-state index in [-0.39, 0.29) is 29.6 Å². The lowest BCUT2D eigenvalue weighted by Gasteiger charge is -2.49. The quantitative estimate of drug-likeness (QED) is 0.548. The minimum atomic E-state index is -0.468. The summed E-state index contributed by atoms with van der Waals surface area (Å²) in [6.07, 6.45) is 13.3. The summed E-state index contributed by atoms with van der Waals surface area (Å²) in [6, 6.07) is 2.42. The van der Waals surface area contributed by atoms with Crippen LogP contribution in [0.4, 0.5) is 4.79 Å². The zero-order valence-electron chi connectivity index (χ0n) is 23.2. The highest BCUT2D eigenvalue weighted by molar-refractivity contribution is 5.68. The van der Waals surface area contributed by atoms with Gasteiger partial charge in [0.1, 0.15) is 17.1 Å². The Labute approximate surface area is 222 Å². The third-order valence-electron chi connectivity index (χ3n) is 9.06. The predicted octanol–water partition coefficient (Wildman–Crippen LogP) is 5.51. The fourth-order valence-electron chi connectivity index (χ4n) is 6.91. The van der Waals surface area contributed by atoms with Gasteiger partial charge in [0.2, 0.25) is 0 Å². The molecule has 1 saturated carbocycles. The molecule has 0 aromatic carbocycles. The monoisotopic (exact) mass is 516 g/mol. The van der Waals surface area contributed by atoms with E-state index >= 15 is 0 Å². The van der Waals surface area contributed by atoms with Crippen LogP contribution in [0.3, 0.4) is 0 Å². The molecule has 208 valence electrons. The van der Waals surface area contributed by atoms with Crippen molar-refractivity contribution in [3.05, 3.63) is 17.5 Å². The van der Waals surface area contributed by atoms with Crippen LogP contribution >= 0.6 is 0 Å². The first kappa shape index (κ1) is 26.9. The number of carbonyl (C=O) groups excluding carboxylic acids is 1. The number of aromatic nitrogens is 1. The molecule has 37 heavy (non-hydrogen) atoms. The maximum Gasteiger partial charge on any atom is 0.410 e. The Morgan fingerprint density at radius 2 is 1.78 bits per heavy atom. The van der Waals surface area contributed by atoms with Gasteiger partial charge in [0, 0.05) is 49.6 Å². The van der Waals surface area contributed by atoms with Crippen molar-refractivity contribution in [1.29, 1.82) is 0 Å². The lowest BCUT2D eigenvalue weighted by Crippen LogP contribution is -2.62. The number of piperidine rings is 1. The highest BCUT2D eigenvalue weighted by atomic mass is 16.6. The van der Waals surface area contributed by atoms with Gasteiger partial charge in [0.05, 0.1) is 18.8 Å². The smallest absolute Gasteiger partial charge is 0.410 e. The van der Waals surface area contributed by atoms with Gasteiger partial charge < -0.3 is 24.2 Å². The van der Waals surface area contributed by atoms with Gasteiger partial charge in [-0.1, -0.05) is 43.7 Å². The molecule has 5 rings (SSSR count). The standard InChI is InChI=1S/C29H48N4O4/c1-28(2,3)36-27(34)33-15-10-21(11-16-33)24-18-23(32-37-24)25-29(13-8-6-4-5-7-9-14-29)20-30-26(31-25)22-12-17-35-19-22/h18,21-22,25-26,30-31H,4-17,19-20H2,1-3H3. The molecule has 1 aromatic rings. The topological polar surface area (TPSA) is 88.9 Å². The largest absolute Gasteiger partial charge is 0.444 e. The fraction of sp³-hybridized carbons (Fsp3) is 0.862. The molecule has 8 heteroatoms. The van der Waals surface area contributed by atoms with Crippen molar-refractivity contribution in [1.82, 2.24) is 20.7 Å². The predicted molar refractivity (Wildman–Crippen MR) is 142 cm³/mol. The number of ether oxygens (including phenoxy) is 2. The molecule has 1 aliphatic carbocycles. The molecular weight excluding hydrogens is 468 g/mol. The highest BCUT2D eigenvalue weighted by Crippen LogP contribution is 2.46. The van der Waals surface area contributed by atoms with E-state index < -0.39 is 5.60 Å². The molecule has 4 aliphatic rings. The Hall–Kier alpha value is -1.64. The first-order valence-corrected chi connectivity index (χ1v) is 14.8. The minimum absolute atomic E-state index is 0.161. The summed E-state index contributed by atoms with van der Waals surface area (Å²) in [4.78, 5) is 14.3. The van der Waals surface area contributed by atoms with Gasteiger partial charge in [-0.15, -0.1) is 0 Å². The number of carbonyl (C=O) groups is 1. The van der Waals surface area contributed by atoms with Gasteiger partial charge in [0.15, 0.2) is 0 Å². The SMILES string of the molecule is CC(C)(C)OC(=O)N1CCC(c2cc(C3NC(C4CCOC4)NCC34CCCCCCCC4)no2)CC1. The van der Waals surface area contributed by atoms with Crippen molar-refractivity contribution in [3.8, 4) is 0 Å². The Morgan fingerprint density at radius 3 is 2.43 bits per heavy atom. The van der Waals surface area contributed by atoms with Crippen LogP contribution in [-0.4, -0.2) is 60.8 Å². The van der Waals surface area contributed by atoms with E-state index in [1.165, 1.54) is 51.4 Å². The van der Waals surface area contributed by atoms with Crippen molar-refractivity contribution in [2.45, 2.75) is 115 Å². The summed E-state index contributed by atoms with van der Waals surface area (Å²) in [5, 5.41) is 12.6. The molecular formula is C29H48N4O4. The van der Waals surface area contributed by atoms with Crippen molar-refractivity contribution in [2.75, 3.05) is 32.8 Å². The van der Waals surface area contributed by atoms with Crippen molar-refractivity contribution < 1.29 is 18.8 Å². The Balaban J connectivity index is 1.30.